The number of nitrogens with zero attached hydrogens (tertiary/aromatic N) is 4. The van der Waals surface area contributed by atoms with Crippen molar-refractivity contribution in [3.8, 4) is 0 Å². The number of amides is 2. The van der Waals surface area contributed by atoms with Gasteiger partial charge in [-0.15, -0.1) is 5.10 Å². The van der Waals surface area contributed by atoms with Crippen molar-refractivity contribution in [1.82, 2.24) is 19.4 Å². The van der Waals surface area contributed by atoms with Gasteiger partial charge in [-0.25, -0.2) is 13.2 Å². The second-order valence-electron chi connectivity index (χ2n) is 7.73. The topological polar surface area (TPSA) is 135 Å². The first-order valence-electron chi connectivity index (χ1n) is 11.1. The van der Waals surface area contributed by atoms with Gasteiger partial charge in [0, 0.05) is 31.7 Å². The third-order valence-corrected chi connectivity index (χ3v) is 7.32. The van der Waals surface area contributed by atoms with Crippen LogP contribution in [0.15, 0.2) is 63.9 Å². The van der Waals surface area contributed by atoms with Gasteiger partial charge < -0.3 is 14.1 Å². The highest BCUT2D eigenvalue weighted by Gasteiger charge is 2.30. The molecule has 0 radical (unpaired) electrons. The molecule has 0 atom stereocenters. The van der Waals surface area contributed by atoms with Crippen molar-refractivity contribution in [2.75, 3.05) is 38.1 Å². The van der Waals surface area contributed by atoms with E-state index in [-0.39, 0.29) is 49.3 Å². The SMILES string of the molecule is CCOC(=O)N1CCN(S(=O)(=O)c2ccc(C(=O)Nc3nnc(Cc4ccccc4)o3)cc2)CC1. The number of hydrogen-bond acceptors (Lipinski definition) is 8. The van der Waals surface area contributed by atoms with Crippen LogP contribution in [0.1, 0.15) is 28.7 Å². The van der Waals surface area contributed by atoms with Crippen molar-refractivity contribution >= 4 is 28.0 Å². The highest BCUT2D eigenvalue weighted by Crippen LogP contribution is 2.19. The summed E-state index contributed by atoms with van der Waals surface area (Å²) >= 11 is 0. The monoisotopic (exact) mass is 499 g/mol. The van der Waals surface area contributed by atoms with Crippen molar-refractivity contribution in [3.05, 3.63) is 71.6 Å². The largest absolute Gasteiger partial charge is 0.450 e. The maximum absolute atomic E-state index is 13.0. The predicted molar refractivity (Wildman–Crippen MR) is 125 cm³/mol. The summed E-state index contributed by atoms with van der Waals surface area (Å²) in [6.07, 6.45) is -0.0158. The smallest absolute Gasteiger partial charge is 0.409 e. The lowest BCUT2D eigenvalue weighted by Crippen LogP contribution is -2.50. The van der Waals surface area contributed by atoms with Crippen LogP contribution in [0.25, 0.3) is 0 Å². The molecule has 0 unspecified atom stereocenters. The minimum atomic E-state index is -3.77. The average molecular weight is 500 g/mol. The minimum Gasteiger partial charge on any atom is -0.450 e. The fourth-order valence-electron chi connectivity index (χ4n) is 3.57. The predicted octanol–water partition coefficient (Wildman–Crippen LogP) is 2.38. The molecule has 1 N–H and O–H groups in total. The summed E-state index contributed by atoms with van der Waals surface area (Å²) in [7, 11) is -3.77. The highest BCUT2D eigenvalue weighted by atomic mass is 32.2. The first-order valence-corrected chi connectivity index (χ1v) is 12.5. The number of anilines is 1. The van der Waals surface area contributed by atoms with Gasteiger partial charge in [0.2, 0.25) is 15.9 Å². The molecule has 12 heteroatoms. The fraction of sp³-hybridized carbons (Fsp3) is 0.304. The molecule has 0 saturated carbocycles. The van der Waals surface area contributed by atoms with Crippen LogP contribution in [0.4, 0.5) is 10.8 Å². The van der Waals surface area contributed by atoms with E-state index in [9.17, 15) is 18.0 Å². The molecule has 184 valence electrons. The van der Waals surface area contributed by atoms with Crippen LogP contribution in [0, 0.1) is 0 Å². The van der Waals surface area contributed by atoms with E-state index in [0.29, 0.717) is 12.3 Å². The van der Waals surface area contributed by atoms with Crippen LogP contribution in [0.5, 0.6) is 0 Å². The molecule has 2 heterocycles. The molecule has 1 saturated heterocycles. The van der Waals surface area contributed by atoms with E-state index in [1.54, 1.807) is 6.92 Å². The normalized spacial score (nSPS) is 14.5. The van der Waals surface area contributed by atoms with E-state index in [2.05, 4.69) is 15.5 Å². The summed E-state index contributed by atoms with van der Waals surface area (Å²) in [5.41, 5.74) is 1.23. The number of sulfonamides is 1. The Labute approximate surface area is 202 Å². The van der Waals surface area contributed by atoms with Gasteiger partial charge in [0.15, 0.2) is 0 Å². The molecule has 2 aromatic carbocycles. The maximum atomic E-state index is 13.0. The van der Waals surface area contributed by atoms with Crippen molar-refractivity contribution in [2.24, 2.45) is 0 Å². The van der Waals surface area contributed by atoms with Crippen molar-refractivity contribution < 1.29 is 27.2 Å². The molecule has 35 heavy (non-hydrogen) atoms. The fourth-order valence-corrected chi connectivity index (χ4v) is 4.99. The number of carbonyl (C=O) groups is 2. The number of nitrogens with one attached hydrogen (secondary N) is 1. The zero-order chi connectivity index (χ0) is 24.8. The van der Waals surface area contributed by atoms with Crippen LogP contribution in [-0.4, -0.2) is 72.6 Å². The van der Waals surface area contributed by atoms with Gasteiger partial charge in [-0.1, -0.05) is 35.4 Å². The Morgan fingerprint density at radius 2 is 1.69 bits per heavy atom. The number of aromatic nitrogens is 2. The quantitative estimate of drug-likeness (QED) is 0.524. The molecule has 1 aliphatic heterocycles. The Morgan fingerprint density at radius 3 is 2.34 bits per heavy atom. The number of ether oxygens (including phenoxy) is 1. The molecular weight excluding hydrogens is 474 g/mol. The van der Waals surface area contributed by atoms with Crippen LogP contribution in [0.2, 0.25) is 0 Å². The number of rotatable bonds is 7. The highest BCUT2D eigenvalue weighted by molar-refractivity contribution is 7.89. The Kier molecular flexibility index (Phi) is 7.42. The molecule has 0 spiro atoms. The van der Waals surface area contributed by atoms with Crippen LogP contribution in [-0.2, 0) is 21.2 Å². The summed E-state index contributed by atoms with van der Waals surface area (Å²) in [5, 5.41) is 10.3. The number of hydrogen-bond donors (Lipinski definition) is 1. The van der Waals surface area contributed by atoms with Crippen LogP contribution >= 0.6 is 0 Å². The van der Waals surface area contributed by atoms with Gasteiger partial charge in [0.05, 0.1) is 17.9 Å². The second-order valence-corrected chi connectivity index (χ2v) is 9.67. The Balaban J connectivity index is 1.35. The summed E-state index contributed by atoms with van der Waals surface area (Å²) in [5.74, 6) is -0.150. The summed E-state index contributed by atoms with van der Waals surface area (Å²) in [6.45, 7) is 2.79. The van der Waals surface area contributed by atoms with E-state index in [1.165, 1.54) is 33.5 Å². The maximum Gasteiger partial charge on any atom is 0.409 e. The van der Waals surface area contributed by atoms with Crippen LogP contribution in [0.3, 0.4) is 0 Å². The van der Waals surface area contributed by atoms with E-state index in [0.717, 1.165) is 5.56 Å². The van der Waals surface area contributed by atoms with Crippen LogP contribution < -0.4 is 5.32 Å². The van der Waals surface area contributed by atoms with Gasteiger partial charge in [-0.05, 0) is 36.8 Å². The van der Waals surface area contributed by atoms with E-state index in [4.69, 9.17) is 9.15 Å². The second kappa shape index (κ2) is 10.7. The minimum absolute atomic E-state index is 0.0444. The summed E-state index contributed by atoms with van der Waals surface area (Å²) in [6, 6.07) is 15.1. The molecule has 0 aliphatic carbocycles. The van der Waals surface area contributed by atoms with Crippen molar-refractivity contribution in [3.63, 3.8) is 0 Å². The molecule has 4 rings (SSSR count). The summed E-state index contributed by atoms with van der Waals surface area (Å²) < 4.78 is 37.7. The summed E-state index contributed by atoms with van der Waals surface area (Å²) in [4.78, 5) is 25.9. The molecule has 2 amide bonds. The molecule has 11 nitrogen and oxygen atoms in total. The lowest BCUT2D eigenvalue weighted by atomic mass is 10.2. The van der Waals surface area contributed by atoms with Gasteiger partial charge in [-0.2, -0.15) is 4.31 Å². The van der Waals surface area contributed by atoms with E-state index < -0.39 is 22.0 Å². The first-order chi connectivity index (χ1) is 16.9. The lowest BCUT2D eigenvalue weighted by molar-refractivity contribution is 0.0933. The van der Waals surface area contributed by atoms with Gasteiger partial charge in [0.1, 0.15) is 0 Å². The zero-order valence-electron chi connectivity index (χ0n) is 19.1. The van der Waals surface area contributed by atoms with Gasteiger partial charge >= 0.3 is 12.1 Å². The molecule has 0 bridgehead atoms. The molecule has 1 aromatic heterocycles. The number of carbonyl (C=O) groups excluding carboxylic acids is 2. The molecular formula is C23H25N5O6S. The van der Waals surface area contributed by atoms with E-state index >= 15 is 0 Å². The Hall–Kier alpha value is -3.77. The van der Waals surface area contributed by atoms with Gasteiger partial charge in [0.25, 0.3) is 5.91 Å². The molecule has 1 aliphatic rings. The average Bonchev–Trinajstić information content (AvgIpc) is 3.31. The van der Waals surface area contributed by atoms with Crippen molar-refractivity contribution in [1.29, 1.82) is 0 Å². The number of piperazine rings is 1. The van der Waals surface area contributed by atoms with Gasteiger partial charge in [-0.3, -0.25) is 10.1 Å². The number of benzene rings is 2. The molecule has 3 aromatic rings. The third kappa shape index (κ3) is 5.84. The lowest BCUT2D eigenvalue weighted by Gasteiger charge is -2.33. The Morgan fingerprint density at radius 1 is 1.00 bits per heavy atom. The third-order valence-electron chi connectivity index (χ3n) is 5.40. The van der Waals surface area contributed by atoms with E-state index in [1.807, 2.05) is 30.3 Å². The first kappa shape index (κ1) is 24.4. The zero-order valence-corrected chi connectivity index (χ0v) is 19.9. The molecule has 1 fully saturated rings. The van der Waals surface area contributed by atoms with Crippen molar-refractivity contribution in [2.45, 2.75) is 18.2 Å². The Bertz CT molecular complexity index is 1270. The standard InChI is InChI=1S/C23H25N5O6S/c1-2-33-23(30)27-12-14-28(15-13-27)35(31,32)19-10-8-18(9-11-19)21(29)24-22-26-25-20(34-22)16-17-6-4-3-5-7-17/h3-11H,2,12-16H2,1H3,(H,24,26,29).